The fourth-order valence-electron chi connectivity index (χ4n) is 3.51. The molecule has 24 heavy (non-hydrogen) atoms. The van der Waals surface area contributed by atoms with E-state index in [1.54, 1.807) is 18.2 Å². The quantitative estimate of drug-likeness (QED) is 0.820. The highest BCUT2D eigenvalue weighted by Gasteiger charge is 2.31. The van der Waals surface area contributed by atoms with Crippen LogP contribution in [0.4, 0.5) is 0 Å². The van der Waals surface area contributed by atoms with Crippen LogP contribution in [0.1, 0.15) is 31.2 Å². The maximum atomic E-state index is 12.5. The van der Waals surface area contributed by atoms with Crippen molar-refractivity contribution in [2.24, 2.45) is 5.92 Å². The van der Waals surface area contributed by atoms with Crippen LogP contribution >= 0.6 is 23.2 Å². The van der Waals surface area contributed by atoms with Gasteiger partial charge in [0.05, 0.1) is 6.42 Å². The highest BCUT2D eigenvalue weighted by molar-refractivity contribution is 6.35. The van der Waals surface area contributed by atoms with Crippen LogP contribution in [-0.4, -0.2) is 47.8 Å². The first-order valence-electron chi connectivity index (χ1n) is 8.55. The van der Waals surface area contributed by atoms with Crippen molar-refractivity contribution in [1.82, 2.24) is 9.80 Å². The number of hydrogen-bond donors (Lipinski definition) is 0. The number of carbonyl (C=O) groups is 2. The molecule has 0 bridgehead atoms. The minimum Gasteiger partial charge on any atom is -0.342 e. The molecule has 0 radical (unpaired) electrons. The van der Waals surface area contributed by atoms with Gasteiger partial charge in [0.1, 0.15) is 0 Å². The molecule has 0 spiro atoms. The summed E-state index contributed by atoms with van der Waals surface area (Å²) in [6, 6.07) is 5.20. The number of amides is 2. The highest BCUT2D eigenvalue weighted by atomic mass is 35.5. The maximum absolute atomic E-state index is 12.5. The van der Waals surface area contributed by atoms with Crippen molar-refractivity contribution in [3.63, 3.8) is 0 Å². The van der Waals surface area contributed by atoms with Crippen LogP contribution in [0, 0.1) is 5.92 Å². The lowest BCUT2D eigenvalue weighted by atomic mass is 9.95. The largest absolute Gasteiger partial charge is 0.342 e. The van der Waals surface area contributed by atoms with Gasteiger partial charge in [-0.3, -0.25) is 9.59 Å². The molecule has 2 heterocycles. The number of likely N-dealkylation sites (tertiary alicyclic amines) is 2. The molecule has 2 amide bonds. The first-order valence-corrected chi connectivity index (χ1v) is 9.30. The van der Waals surface area contributed by atoms with Crippen molar-refractivity contribution in [3.8, 4) is 0 Å². The Morgan fingerprint density at radius 2 is 1.67 bits per heavy atom. The van der Waals surface area contributed by atoms with Crippen molar-refractivity contribution < 1.29 is 9.59 Å². The van der Waals surface area contributed by atoms with Gasteiger partial charge in [0.2, 0.25) is 11.8 Å². The van der Waals surface area contributed by atoms with Crippen LogP contribution in [-0.2, 0) is 16.0 Å². The van der Waals surface area contributed by atoms with Crippen LogP contribution in [0.15, 0.2) is 18.2 Å². The van der Waals surface area contributed by atoms with Crippen LogP contribution in [0.3, 0.4) is 0 Å². The van der Waals surface area contributed by atoms with Crippen LogP contribution < -0.4 is 0 Å². The molecular weight excluding hydrogens is 347 g/mol. The minimum absolute atomic E-state index is 0.0614. The molecule has 2 fully saturated rings. The van der Waals surface area contributed by atoms with E-state index in [-0.39, 0.29) is 24.2 Å². The number of benzene rings is 1. The van der Waals surface area contributed by atoms with Crippen molar-refractivity contribution in [2.45, 2.75) is 32.1 Å². The Bertz CT molecular complexity index is 621. The predicted octanol–water partition coefficient (Wildman–Crippen LogP) is 3.40. The number of halogens is 2. The molecule has 2 aliphatic heterocycles. The average molecular weight is 369 g/mol. The normalized spacial score (nSPS) is 18.9. The summed E-state index contributed by atoms with van der Waals surface area (Å²) in [5.41, 5.74) is 0.793. The molecule has 0 N–H and O–H groups in total. The number of carbonyl (C=O) groups excluding carboxylic acids is 2. The Balaban J connectivity index is 1.52. The molecule has 0 saturated carbocycles. The molecule has 0 unspecified atom stereocenters. The Labute approximate surface area is 152 Å². The smallest absolute Gasteiger partial charge is 0.227 e. The summed E-state index contributed by atoms with van der Waals surface area (Å²) in [5.74, 6) is 0.415. The van der Waals surface area contributed by atoms with Gasteiger partial charge in [0, 0.05) is 42.1 Å². The van der Waals surface area contributed by atoms with Gasteiger partial charge in [-0.2, -0.15) is 0 Å². The molecule has 0 aromatic heterocycles. The molecule has 130 valence electrons. The van der Waals surface area contributed by atoms with Gasteiger partial charge in [-0.1, -0.05) is 29.3 Å². The van der Waals surface area contributed by atoms with Crippen LogP contribution in [0.25, 0.3) is 0 Å². The molecule has 4 nitrogen and oxygen atoms in total. The second-order valence-electron chi connectivity index (χ2n) is 6.60. The van der Waals surface area contributed by atoms with E-state index in [2.05, 4.69) is 0 Å². The summed E-state index contributed by atoms with van der Waals surface area (Å²) in [4.78, 5) is 28.7. The molecule has 1 aromatic rings. The van der Waals surface area contributed by atoms with E-state index in [0.29, 0.717) is 23.1 Å². The summed E-state index contributed by atoms with van der Waals surface area (Å²) in [6.45, 7) is 3.09. The predicted molar refractivity (Wildman–Crippen MR) is 95.3 cm³/mol. The first-order chi connectivity index (χ1) is 11.5. The number of rotatable bonds is 3. The Morgan fingerprint density at radius 3 is 2.29 bits per heavy atom. The second-order valence-corrected chi connectivity index (χ2v) is 7.44. The third-order valence-corrected chi connectivity index (χ3v) is 5.56. The lowest BCUT2D eigenvalue weighted by Gasteiger charge is -2.33. The van der Waals surface area contributed by atoms with Crippen LogP contribution in [0.2, 0.25) is 10.0 Å². The lowest BCUT2D eigenvalue weighted by molar-refractivity contribution is -0.139. The number of hydrogen-bond acceptors (Lipinski definition) is 2. The first kappa shape index (κ1) is 17.6. The topological polar surface area (TPSA) is 40.6 Å². The van der Waals surface area contributed by atoms with Crippen molar-refractivity contribution >= 4 is 35.0 Å². The van der Waals surface area contributed by atoms with Gasteiger partial charge >= 0.3 is 0 Å². The molecular formula is C18H22Cl2N2O2. The SMILES string of the molecule is O=C(Cc1ccc(Cl)cc1Cl)N1CCC(C(=O)N2CCCC2)CC1. The van der Waals surface area contributed by atoms with Crippen molar-refractivity contribution in [3.05, 3.63) is 33.8 Å². The van der Waals surface area contributed by atoms with Gasteiger partial charge < -0.3 is 9.80 Å². The maximum Gasteiger partial charge on any atom is 0.227 e. The van der Waals surface area contributed by atoms with Crippen LogP contribution in [0.5, 0.6) is 0 Å². The Morgan fingerprint density at radius 1 is 1.00 bits per heavy atom. The third kappa shape index (κ3) is 4.04. The van der Waals surface area contributed by atoms with E-state index in [9.17, 15) is 9.59 Å². The molecule has 1 aromatic carbocycles. The highest BCUT2D eigenvalue weighted by Crippen LogP contribution is 2.25. The minimum atomic E-state index is 0.0614. The monoisotopic (exact) mass is 368 g/mol. The van der Waals surface area contributed by atoms with E-state index in [1.165, 1.54) is 0 Å². The van der Waals surface area contributed by atoms with Gasteiger partial charge in [-0.25, -0.2) is 0 Å². The summed E-state index contributed by atoms with van der Waals surface area (Å²) >= 11 is 12.0. The zero-order chi connectivity index (χ0) is 17.1. The molecule has 0 aliphatic carbocycles. The summed E-state index contributed by atoms with van der Waals surface area (Å²) in [7, 11) is 0. The Hall–Kier alpha value is -1.26. The van der Waals surface area contributed by atoms with Gasteiger partial charge in [-0.05, 0) is 43.4 Å². The van der Waals surface area contributed by atoms with Gasteiger partial charge in [0.15, 0.2) is 0 Å². The fraction of sp³-hybridized carbons (Fsp3) is 0.556. The zero-order valence-electron chi connectivity index (χ0n) is 13.6. The summed E-state index contributed by atoms with van der Waals surface area (Å²) in [5, 5.41) is 1.09. The number of nitrogens with zero attached hydrogens (tertiary/aromatic N) is 2. The average Bonchev–Trinajstić information content (AvgIpc) is 3.11. The second kappa shape index (κ2) is 7.75. The standard InChI is InChI=1S/C18H22Cl2N2O2/c19-15-4-3-14(16(20)12-15)11-17(23)21-9-5-13(6-10-21)18(24)22-7-1-2-8-22/h3-4,12-13H,1-2,5-11H2. The summed E-state index contributed by atoms with van der Waals surface area (Å²) < 4.78 is 0. The molecule has 2 saturated heterocycles. The lowest BCUT2D eigenvalue weighted by Crippen LogP contribution is -2.44. The van der Waals surface area contributed by atoms with Crippen molar-refractivity contribution in [2.75, 3.05) is 26.2 Å². The Kier molecular flexibility index (Phi) is 5.67. The molecule has 2 aliphatic rings. The van der Waals surface area contributed by atoms with Gasteiger partial charge in [-0.15, -0.1) is 0 Å². The van der Waals surface area contributed by atoms with Crippen molar-refractivity contribution in [1.29, 1.82) is 0 Å². The zero-order valence-corrected chi connectivity index (χ0v) is 15.2. The van der Waals surface area contributed by atoms with E-state index < -0.39 is 0 Å². The van der Waals surface area contributed by atoms with E-state index in [0.717, 1.165) is 44.3 Å². The van der Waals surface area contributed by atoms with E-state index in [4.69, 9.17) is 23.2 Å². The molecule has 3 rings (SSSR count). The van der Waals surface area contributed by atoms with E-state index in [1.807, 2.05) is 9.80 Å². The fourth-order valence-corrected chi connectivity index (χ4v) is 3.99. The van der Waals surface area contributed by atoms with Gasteiger partial charge in [0.25, 0.3) is 0 Å². The summed E-state index contributed by atoms with van der Waals surface area (Å²) in [6.07, 6.45) is 4.03. The molecule has 0 atom stereocenters. The third-order valence-electron chi connectivity index (χ3n) is 4.97. The molecule has 6 heteroatoms. The number of piperidine rings is 1. The van der Waals surface area contributed by atoms with E-state index >= 15 is 0 Å².